The molecule has 0 saturated carbocycles. The number of hydrogen-bond acceptors (Lipinski definition) is 4. The van der Waals surface area contributed by atoms with Gasteiger partial charge in [0, 0.05) is 17.8 Å². The number of aromatic amines is 1. The highest BCUT2D eigenvalue weighted by molar-refractivity contribution is 9.10. The number of halogens is 1. The Balaban J connectivity index is 2.26. The molecule has 0 atom stereocenters. The Hall–Kier alpha value is -2.48. The highest BCUT2D eigenvalue weighted by atomic mass is 79.9. The van der Waals surface area contributed by atoms with Gasteiger partial charge in [-0.2, -0.15) is 0 Å². The lowest BCUT2D eigenvalue weighted by Gasteiger charge is -2.05. The lowest BCUT2D eigenvalue weighted by Crippen LogP contribution is -2.17. The van der Waals surface area contributed by atoms with E-state index in [-0.39, 0.29) is 17.1 Å². The Morgan fingerprint density at radius 3 is 2.70 bits per heavy atom. The summed E-state index contributed by atoms with van der Waals surface area (Å²) in [5.74, 6) is -0.556. The van der Waals surface area contributed by atoms with Crippen molar-refractivity contribution in [2.75, 3.05) is 5.32 Å². The number of nitro groups is 1. The molecule has 0 fully saturated rings. The van der Waals surface area contributed by atoms with Crippen molar-refractivity contribution in [1.29, 1.82) is 0 Å². The molecule has 0 aliphatic carbocycles. The van der Waals surface area contributed by atoms with Crippen LogP contribution in [0.25, 0.3) is 0 Å². The van der Waals surface area contributed by atoms with Crippen LogP contribution in [-0.2, 0) is 0 Å². The second-order valence-corrected chi connectivity index (χ2v) is 4.66. The van der Waals surface area contributed by atoms with Gasteiger partial charge in [0.05, 0.1) is 9.40 Å². The first-order valence-corrected chi connectivity index (χ1v) is 6.21. The Bertz CT molecular complexity index is 741. The zero-order valence-electron chi connectivity index (χ0n) is 9.92. The van der Waals surface area contributed by atoms with Crippen LogP contribution in [0.15, 0.2) is 45.7 Å². The molecule has 2 aromatic rings. The summed E-state index contributed by atoms with van der Waals surface area (Å²) < 4.78 is 0.314. The summed E-state index contributed by atoms with van der Waals surface area (Å²) in [5.41, 5.74) is -0.235. The normalized spacial score (nSPS) is 10.1. The van der Waals surface area contributed by atoms with Gasteiger partial charge in [0.15, 0.2) is 0 Å². The first kappa shape index (κ1) is 13.9. The summed E-state index contributed by atoms with van der Waals surface area (Å²) in [5, 5.41) is 13.3. The van der Waals surface area contributed by atoms with Crippen LogP contribution in [0.5, 0.6) is 0 Å². The van der Waals surface area contributed by atoms with Crippen molar-refractivity contribution in [2.45, 2.75) is 0 Å². The van der Waals surface area contributed by atoms with E-state index >= 15 is 0 Å². The Morgan fingerprint density at radius 2 is 2.05 bits per heavy atom. The Kier molecular flexibility index (Phi) is 3.94. The van der Waals surface area contributed by atoms with E-state index in [1.165, 1.54) is 36.4 Å². The van der Waals surface area contributed by atoms with Gasteiger partial charge in [-0.05, 0) is 34.1 Å². The molecular formula is C12H8BrN3O4. The molecule has 1 aromatic heterocycles. The third kappa shape index (κ3) is 3.09. The molecule has 2 N–H and O–H groups in total. The van der Waals surface area contributed by atoms with Crippen molar-refractivity contribution in [1.82, 2.24) is 4.98 Å². The summed E-state index contributed by atoms with van der Waals surface area (Å²) in [7, 11) is 0. The van der Waals surface area contributed by atoms with Gasteiger partial charge in [0.1, 0.15) is 5.69 Å². The molecule has 0 aliphatic rings. The van der Waals surface area contributed by atoms with Crippen LogP contribution < -0.4 is 10.9 Å². The second kappa shape index (κ2) is 5.66. The SMILES string of the molecule is O=C(Nc1ccc(Br)c([N+](=O)[O-])c1)c1cccc(=O)[nH]1. The number of carbonyl (C=O) groups excluding carboxylic acids is 1. The molecule has 20 heavy (non-hydrogen) atoms. The number of carbonyl (C=O) groups is 1. The maximum atomic E-state index is 11.9. The number of nitrogens with one attached hydrogen (secondary N) is 2. The first-order valence-electron chi connectivity index (χ1n) is 5.42. The number of anilines is 1. The maximum Gasteiger partial charge on any atom is 0.285 e. The molecule has 1 aromatic carbocycles. The van der Waals surface area contributed by atoms with Crippen LogP contribution in [0, 0.1) is 10.1 Å². The average molecular weight is 338 g/mol. The van der Waals surface area contributed by atoms with Gasteiger partial charge in [-0.3, -0.25) is 19.7 Å². The third-order valence-corrected chi connectivity index (χ3v) is 3.08. The zero-order valence-corrected chi connectivity index (χ0v) is 11.5. The van der Waals surface area contributed by atoms with Crippen molar-refractivity contribution >= 4 is 33.2 Å². The summed E-state index contributed by atoms with van der Waals surface area (Å²) in [6, 6.07) is 8.35. The topological polar surface area (TPSA) is 105 Å². The van der Waals surface area contributed by atoms with Gasteiger partial charge in [-0.1, -0.05) is 6.07 Å². The van der Waals surface area contributed by atoms with Crippen LogP contribution in [-0.4, -0.2) is 15.8 Å². The molecule has 2 rings (SSSR count). The van der Waals surface area contributed by atoms with Gasteiger partial charge < -0.3 is 10.3 Å². The number of nitro benzene ring substituents is 1. The third-order valence-electron chi connectivity index (χ3n) is 2.41. The molecule has 0 saturated heterocycles. The van der Waals surface area contributed by atoms with Crippen LogP contribution in [0.4, 0.5) is 11.4 Å². The van der Waals surface area contributed by atoms with E-state index in [2.05, 4.69) is 26.2 Å². The van der Waals surface area contributed by atoms with Gasteiger partial charge in [0.2, 0.25) is 5.56 Å². The number of benzene rings is 1. The van der Waals surface area contributed by atoms with Gasteiger partial charge >= 0.3 is 0 Å². The zero-order chi connectivity index (χ0) is 14.7. The molecule has 1 amide bonds. The van der Waals surface area contributed by atoms with Gasteiger partial charge in [0.25, 0.3) is 11.6 Å². The maximum absolute atomic E-state index is 11.9. The first-order chi connectivity index (χ1) is 9.47. The number of hydrogen-bond donors (Lipinski definition) is 2. The molecule has 0 bridgehead atoms. The lowest BCUT2D eigenvalue weighted by atomic mass is 10.2. The number of amides is 1. The molecule has 0 radical (unpaired) electrons. The predicted octanol–water partition coefficient (Wildman–Crippen LogP) is 2.30. The molecule has 8 heteroatoms. The van der Waals surface area contributed by atoms with E-state index < -0.39 is 16.4 Å². The summed E-state index contributed by atoms with van der Waals surface area (Å²) in [6.07, 6.45) is 0. The average Bonchev–Trinajstić information content (AvgIpc) is 2.40. The monoisotopic (exact) mass is 337 g/mol. The van der Waals surface area contributed by atoms with Crippen LogP contribution in [0.1, 0.15) is 10.5 Å². The fraction of sp³-hybridized carbons (Fsp3) is 0. The molecular weight excluding hydrogens is 330 g/mol. The van der Waals surface area contributed by atoms with Crippen molar-refractivity contribution in [2.24, 2.45) is 0 Å². The van der Waals surface area contributed by atoms with Crippen LogP contribution >= 0.6 is 15.9 Å². The second-order valence-electron chi connectivity index (χ2n) is 3.81. The van der Waals surface area contributed by atoms with E-state index in [0.29, 0.717) is 4.47 Å². The fourth-order valence-electron chi connectivity index (χ4n) is 1.51. The highest BCUT2D eigenvalue weighted by Crippen LogP contribution is 2.27. The summed E-state index contributed by atoms with van der Waals surface area (Å²) >= 11 is 3.05. The molecule has 0 aliphatic heterocycles. The minimum Gasteiger partial charge on any atom is -0.320 e. The molecule has 0 spiro atoms. The van der Waals surface area contributed by atoms with Crippen LogP contribution in [0.3, 0.4) is 0 Å². The minimum absolute atomic E-state index is 0.0723. The summed E-state index contributed by atoms with van der Waals surface area (Å²) in [6.45, 7) is 0. The van der Waals surface area contributed by atoms with Crippen molar-refractivity contribution in [3.05, 3.63) is 67.0 Å². The number of rotatable bonds is 3. The smallest absolute Gasteiger partial charge is 0.285 e. The van der Waals surface area contributed by atoms with E-state index in [1.54, 1.807) is 0 Å². The van der Waals surface area contributed by atoms with Crippen LogP contribution in [0.2, 0.25) is 0 Å². The van der Waals surface area contributed by atoms with E-state index in [1.807, 2.05) is 0 Å². The largest absolute Gasteiger partial charge is 0.320 e. The molecule has 7 nitrogen and oxygen atoms in total. The minimum atomic E-state index is -0.565. The number of aromatic nitrogens is 1. The van der Waals surface area contributed by atoms with E-state index in [0.717, 1.165) is 0 Å². The van der Waals surface area contributed by atoms with Crippen molar-refractivity contribution in [3.63, 3.8) is 0 Å². The van der Waals surface area contributed by atoms with Crippen molar-refractivity contribution in [3.8, 4) is 0 Å². The fourth-order valence-corrected chi connectivity index (χ4v) is 1.90. The quantitative estimate of drug-likeness (QED) is 0.662. The number of H-pyrrole nitrogens is 1. The van der Waals surface area contributed by atoms with E-state index in [4.69, 9.17) is 0 Å². The Morgan fingerprint density at radius 1 is 1.30 bits per heavy atom. The van der Waals surface area contributed by atoms with Gasteiger partial charge in [-0.15, -0.1) is 0 Å². The molecule has 0 unspecified atom stereocenters. The molecule has 1 heterocycles. The highest BCUT2D eigenvalue weighted by Gasteiger charge is 2.14. The van der Waals surface area contributed by atoms with E-state index in [9.17, 15) is 19.7 Å². The summed E-state index contributed by atoms with van der Waals surface area (Å²) in [4.78, 5) is 35.6. The van der Waals surface area contributed by atoms with Crippen molar-refractivity contribution < 1.29 is 9.72 Å². The molecule has 102 valence electrons. The number of pyridine rings is 1. The van der Waals surface area contributed by atoms with Gasteiger partial charge in [-0.25, -0.2) is 0 Å². The predicted molar refractivity (Wildman–Crippen MR) is 75.8 cm³/mol. The number of nitrogens with zero attached hydrogens (tertiary/aromatic N) is 1. The Labute approximate surface area is 120 Å². The standard InChI is InChI=1S/C12H8BrN3O4/c13-8-5-4-7(6-10(8)16(19)20)14-12(18)9-2-1-3-11(17)15-9/h1-6H,(H,14,18)(H,15,17). The lowest BCUT2D eigenvalue weighted by molar-refractivity contribution is -0.385.